The van der Waals surface area contributed by atoms with Gasteiger partial charge in [-0.05, 0) is 30.9 Å². The Hall–Kier alpha value is -1.02. The number of rotatable bonds is 5. The SMILES string of the molecule is O=S(=O)(c1ccccc1F)N1CCN(C[C@H](O)C2CC2)CC1. The van der Waals surface area contributed by atoms with E-state index in [1.54, 1.807) is 0 Å². The Morgan fingerprint density at radius 1 is 1.18 bits per heavy atom. The van der Waals surface area contributed by atoms with E-state index in [1.807, 2.05) is 0 Å². The third-order valence-electron chi connectivity index (χ3n) is 4.40. The van der Waals surface area contributed by atoms with Crippen LogP contribution in [0.15, 0.2) is 29.2 Å². The van der Waals surface area contributed by atoms with Gasteiger partial charge in [0.05, 0.1) is 6.10 Å². The second kappa shape index (κ2) is 6.23. The van der Waals surface area contributed by atoms with Crippen LogP contribution in [0.2, 0.25) is 0 Å². The molecule has 22 heavy (non-hydrogen) atoms. The minimum atomic E-state index is -3.78. The fourth-order valence-electron chi connectivity index (χ4n) is 2.84. The van der Waals surface area contributed by atoms with Crippen LogP contribution in [-0.4, -0.2) is 61.6 Å². The van der Waals surface area contributed by atoms with E-state index >= 15 is 0 Å². The quantitative estimate of drug-likeness (QED) is 0.872. The number of aliphatic hydroxyl groups excluding tert-OH is 1. The molecule has 0 spiro atoms. The van der Waals surface area contributed by atoms with Gasteiger partial charge in [-0.3, -0.25) is 4.90 Å². The van der Waals surface area contributed by atoms with Crippen LogP contribution >= 0.6 is 0 Å². The van der Waals surface area contributed by atoms with Crippen molar-refractivity contribution in [1.29, 1.82) is 0 Å². The summed E-state index contributed by atoms with van der Waals surface area (Å²) in [5, 5.41) is 9.96. The third kappa shape index (κ3) is 3.32. The highest BCUT2D eigenvalue weighted by molar-refractivity contribution is 7.89. The second-order valence-corrected chi connectivity index (χ2v) is 7.95. The monoisotopic (exact) mass is 328 g/mol. The van der Waals surface area contributed by atoms with Gasteiger partial charge in [0.1, 0.15) is 10.7 Å². The molecular weight excluding hydrogens is 307 g/mol. The Bertz CT molecular complexity index is 625. The molecule has 2 aliphatic rings. The zero-order valence-electron chi connectivity index (χ0n) is 12.4. The molecule has 2 fully saturated rings. The molecule has 1 aliphatic heterocycles. The molecule has 1 atom stereocenters. The highest BCUT2D eigenvalue weighted by atomic mass is 32.2. The minimum absolute atomic E-state index is 0.263. The molecule has 0 unspecified atom stereocenters. The zero-order chi connectivity index (χ0) is 15.7. The van der Waals surface area contributed by atoms with Gasteiger partial charge in [0.25, 0.3) is 0 Å². The fourth-order valence-corrected chi connectivity index (χ4v) is 4.33. The van der Waals surface area contributed by atoms with Crippen LogP contribution in [0.3, 0.4) is 0 Å². The highest BCUT2D eigenvalue weighted by Gasteiger charge is 2.34. The van der Waals surface area contributed by atoms with Gasteiger partial charge >= 0.3 is 0 Å². The summed E-state index contributed by atoms with van der Waals surface area (Å²) in [4.78, 5) is 1.82. The molecule has 0 bridgehead atoms. The van der Waals surface area contributed by atoms with Crippen molar-refractivity contribution in [3.05, 3.63) is 30.1 Å². The zero-order valence-corrected chi connectivity index (χ0v) is 13.2. The predicted molar refractivity (Wildman–Crippen MR) is 80.3 cm³/mol. The summed E-state index contributed by atoms with van der Waals surface area (Å²) in [5.41, 5.74) is 0. The Balaban J connectivity index is 1.62. The molecule has 5 nitrogen and oxygen atoms in total. The molecule has 1 aromatic rings. The molecule has 1 saturated carbocycles. The molecule has 1 heterocycles. The van der Waals surface area contributed by atoms with Crippen LogP contribution < -0.4 is 0 Å². The molecule has 3 rings (SSSR count). The molecule has 1 N–H and O–H groups in total. The van der Waals surface area contributed by atoms with E-state index in [1.165, 1.54) is 22.5 Å². The maximum atomic E-state index is 13.7. The van der Waals surface area contributed by atoms with Crippen LogP contribution in [0, 0.1) is 11.7 Å². The Morgan fingerprint density at radius 2 is 1.82 bits per heavy atom. The van der Waals surface area contributed by atoms with Gasteiger partial charge in [0.15, 0.2) is 0 Å². The van der Waals surface area contributed by atoms with Crippen molar-refractivity contribution in [2.75, 3.05) is 32.7 Å². The molecule has 1 aliphatic carbocycles. The number of sulfonamides is 1. The number of hydrogen-bond donors (Lipinski definition) is 1. The van der Waals surface area contributed by atoms with Crippen LogP contribution in [0.25, 0.3) is 0 Å². The minimum Gasteiger partial charge on any atom is -0.392 e. The van der Waals surface area contributed by atoms with Gasteiger partial charge in [-0.25, -0.2) is 12.8 Å². The van der Waals surface area contributed by atoms with E-state index in [9.17, 15) is 17.9 Å². The third-order valence-corrected chi connectivity index (χ3v) is 6.33. The molecular formula is C15H21FN2O3S. The standard InChI is InChI=1S/C15H21FN2O3S/c16-13-3-1-2-4-15(13)22(20,21)18-9-7-17(8-10-18)11-14(19)12-5-6-12/h1-4,12,14,19H,5-11H2/t14-/m0/s1. The smallest absolute Gasteiger partial charge is 0.246 e. The number of β-amino-alcohol motifs (C(OH)–C–C–N with tert-alkyl or cyclic N) is 1. The molecule has 1 saturated heterocycles. The average Bonchev–Trinajstić information content (AvgIpc) is 3.33. The summed E-state index contributed by atoms with van der Waals surface area (Å²) in [7, 11) is -3.78. The number of benzene rings is 1. The molecule has 7 heteroatoms. The van der Waals surface area contributed by atoms with Gasteiger partial charge in [-0.15, -0.1) is 0 Å². The Morgan fingerprint density at radius 3 is 2.41 bits per heavy atom. The van der Waals surface area contributed by atoms with Crippen LogP contribution in [0.5, 0.6) is 0 Å². The van der Waals surface area contributed by atoms with Gasteiger partial charge in [-0.1, -0.05) is 12.1 Å². The first-order chi connectivity index (χ1) is 10.5. The van der Waals surface area contributed by atoms with E-state index in [0.29, 0.717) is 38.6 Å². The molecule has 0 amide bonds. The summed E-state index contributed by atoms with van der Waals surface area (Å²) >= 11 is 0. The van der Waals surface area contributed by atoms with Gasteiger partial charge in [-0.2, -0.15) is 4.31 Å². The molecule has 0 aromatic heterocycles. The molecule has 122 valence electrons. The van der Waals surface area contributed by atoms with Crippen molar-refractivity contribution >= 4 is 10.0 Å². The van der Waals surface area contributed by atoms with E-state index in [4.69, 9.17) is 0 Å². The van der Waals surface area contributed by atoms with E-state index in [2.05, 4.69) is 4.90 Å². The first kappa shape index (κ1) is 15.9. The second-order valence-electron chi connectivity index (χ2n) is 6.04. The largest absolute Gasteiger partial charge is 0.392 e. The van der Waals surface area contributed by atoms with Gasteiger partial charge < -0.3 is 5.11 Å². The fraction of sp³-hybridized carbons (Fsp3) is 0.600. The topological polar surface area (TPSA) is 60.9 Å². The number of aliphatic hydroxyl groups is 1. The maximum Gasteiger partial charge on any atom is 0.246 e. The summed E-state index contributed by atoms with van der Waals surface area (Å²) in [6, 6.07) is 5.47. The lowest BCUT2D eigenvalue weighted by Crippen LogP contribution is -2.50. The van der Waals surface area contributed by atoms with Gasteiger partial charge in [0, 0.05) is 32.7 Å². The van der Waals surface area contributed by atoms with E-state index in [-0.39, 0.29) is 11.0 Å². The lowest BCUT2D eigenvalue weighted by Gasteiger charge is -2.35. The van der Waals surface area contributed by atoms with Crippen molar-refractivity contribution in [2.24, 2.45) is 5.92 Å². The average molecular weight is 328 g/mol. The van der Waals surface area contributed by atoms with Gasteiger partial charge in [0.2, 0.25) is 10.0 Å². The molecule has 0 radical (unpaired) electrons. The van der Waals surface area contributed by atoms with Crippen molar-refractivity contribution in [1.82, 2.24) is 9.21 Å². The molecule has 1 aromatic carbocycles. The van der Waals surface area contributed by atoms with E-state index < -0.39 is 15.8 Å². The first-order valence-corrected chi connectivity index (χ1v) is 9.07. The lowest BCUT2D eigenvalue weighted by atomic mass is 10.2. The Labute approximate surface area is 130 Å². The van der Waals surface area contributed by atoms with Crippen LogP contribution in [0.4, 0.5) is 4.39 Å². The number of hydrogen-bond acceptors (Lipinski definition) is 4. The normalized spacial score (nSPS) is 22.6. The number of piperazine rings is 1. The van der Waals surface area contributed by atoms with Crippen LogP contribution in [-0.2, 0) is 10.0 Å². The summed E-state index contributed by atoms with van der Waals surface area (Å²) in [6.07, 6.45) is 1.86. The number of halogens is 1. The maximum absolute atomic E-state index is 13.7. The Kier molecular flexibility index (Phi) is 4.49. The lowest BCUT2D eigenvalue weighted by molar-refractivity contribution is 0.0781. The first-order valence-electron chi connectivity index (χ1n) is 7.63. The van der Waals surface area contributed by atoms with Crippen molar-refractivity contribution in [3.8, 4) is 0 Å². The van der Waals surface area contributed by atoms with Crippen molar-refractivity contribution in [2.45, 2.75) is 23.8 Å². The van der Waals surface area contributed by atoms with Crippen molar-refractivity contribution < 1.29 is 17.9 Å². The summed E-state index contributed by atoms with van der Waals surface area (Å²) < 4.78 is 40.0. The van der Waals surface area contributed by atoms with E-state index in [0.717, 1.165) is 18.9 Å². The van der Waals surface area contributed by atoms with Crippen LogP contribution in [0.1, 0.15) is 12.8 Å². The summed E-state index contributed by atoms with van der Waals surface area (Å²) in [5.74, 6) is -0.297. The highest BCUT2D eigenvalue weighted by Crippen LogP contribution is 2.33. The number of nitrogens with zero attached hydrogens (tertiary/aromatic N) is 2. The predicted octanol–water partition coefficient (Wildman–Crippen LogP) is 0.903. The summed E-state index contributed by atoms with van der Waals surface area (Å²) in [6.45, 7) is 2.38. The van der Waals surface area contributed by atoms with Crippen molar-refractivity contribution in [3.63, 3.8) is 0 Å².